The smallest absolute Gasteiger partial charge is 0.368 e. The second-order valence-electron chi connectivity index (χ2n) is 6.47. The van der Waals surface area contributed by atoms with Crippen molar-refractivity contribution in [2.45, 2.75) is 44.2 Å². The molecule has 4 atom stereocenters. The van der Waals surface area contributed by atoms with Crippen molar-refractivity contribution in [1.82, 2.24) is 20.8 Å². The Balaban J connectivity index is 1.60. The van der Waals surface area contributed by atoms with E-state index in [-0.39, 0.29) is 12.6 Å². The highest BCUT2D eigenvalue weighted by Gasteiger charge is 2.48. The van der Waals surface area contributed by atoms with E-state index in [1.54, 1.807) is 13.0 Å². The number of hydrogen-bond donors (Lipinski definition) is 3. The van der Waals surface area contributed by atoms with Crippen LogP contribution in [0.4, 0.5) is 9.18 Å². The van der Waals surface area contributed by atoms with Gasteiger partial charge in [0.25, 0.3) is 5.91 Å². The SMILES string of the molecule is CC1=C[C@@H]2CN(C(=O)N2OC(F)C(=O)O)[C@@H]1C(=O)NOC[C@@H]1CCCN1. The first kappa shape index (κ1) is 18.5. The molecule has 0 aromatic carbocycles. The molecule has 2 saturated heterocycles. The molecule has 0 aromatic heterocycles. The van der Waals surface area contributed by atoms with Gasteiger partial charge in [0.2, 0.25) is 0 Å². The number of carboxylic acid groups (broad SMARTS) is 1. The molecular formula is C15H21FN4O6. The third-order valence-corrected chi connectivity index (χ3v) is 4.59. The molecule has 10 nitrogen and oxygen atoms in total. The van der Waals surface area contributed by atoms with Crippen molar-refractivity contribution >= 4 is 17.9 Å². The van der Waals surface area contributed by atoms with Gasteiger partial charge < -0.3 is 15.3 Å². The number of hydroxylamine groups is 3. The fourth-order valence-electron chi connectivity index (χ4n) is 3.38. The van der Waals surface area contributed by atoms with Crippen LogP contribution in [0.3, 0.4) is 0 Å². The number of aliphatic carboxylic acids is 1. The number of fused-ring (bicyclic) bond motifs is 2. The predicted octanol–water partition coefficient (Wildman–Crippen LogP) is -0.467. The second-order valence-corrected chi connectivity index (χ2v) is 6.47. The van der Waals surface area contributed by atoms with Gasteiger partial charge in [-0.2, -0.15) is 5.06 Å². The van der Waals surface area contributed by atoms with Crippen molar-refractivity contribution in [2.24, 2.45) is 0 Å². The van der Waals surface area contributed by atoms with Crippen LogP contribution < -0.4 is 10.8 Å². The highest BCUT2D eigenvalue weighted by atomic mass is 19.1. The van der Waals surface area contributed by atoms with Gasteiger partial charge in [0.1, 0.15) is 6.04 Å². The summed E-state index contributed by atoms with van der Waals surface area (Å²) in [4.78, 5) is 46.4. The predicted molar refractivity (Wildman–Crippen MR) is 84.0 cm³/mol. The molecule has 3 rings (SSSR count). The normalized spacial score (nSPS) is 28.9. The van der Waals surface area contributed by atoms with Crippen LogP contribution in [0.1, 0.15) is 19.8 Å². The summed E-state index contributed by atoms with van der Waals surface area (Å²) in [6, 6.07) is -2.18. The number of urea groups is 1. The van der Waals surface area contributed by atoms with Gasteiger partial charge in [-0.15, -0.1) is 0 Å². The summed E-state index contributed by atoms with van der Waals surface area (Å²) in [6.45, 7) is 2.97. The maximum atomic E-state index is 13.3. The topological polar surface area (TPSA) is 120 Å². The highest BCUT2D eigenvalue weighted by Crippen LogP contribution is 2.30. The zero-order valence-electron chi connectivity index (χ0n) is 14.2. The van der Waals surface area contributed by atoms with E-state index in [0.29, 0.717) is 17.2 Å². The monoisotopic (exact) mass is 372 g/mol. The molecule has 0 saturated carbocycles. The van der Waals surface area contributed by atoms with Crippen LogP contribution in [0.2, 0.25) is 0 Å². The van der Waals surface area contributed by atoms with Crippen LogP contribution in [0.25, 0.3) is 0 Å². The molecule has 11 heteroatoms. The molecule has 3 N–H and O–H groups in total. The summed E-state index contributed by atoms with van der Waals surface area (Å²) in [5.41, 5.74) is 2.91. The van der Waals surface area contributed by atoms with E-state index in [9.17, 15) is 18.8 Å². The molecule has 3 aliphatic rings. The van der Waals surface area contributed by atoms with Crippen molar-refractivity contribution in [3.05, 3.63) is 11.6 Å². The number of nitrogens with one attached hydrogen (secondary N) is 2. The Kier molecular flexibility index (Phi) is 5.39. The van der Waals surface area contributed by atoms with Gasteiger partial charge in [0.05, 0.1) is 19.2 Å². The zero-order chi connectivity index (χ0) is 18.8. The number of alkyl halides is 1. The van der Waals surface area contributed by atoms with Gasteiger partial charge in [0, 0.05) is 6.04 Å². The number of rotatable bonds is 7. The zero-order valence-corrected chi connectivity index (χ0v) is 14.2. The van der Waals surface area contributed by atoms with E-state index in [1.165, 1.54) is 4.90 Å². The molecule has 2 fully saturated rings. The van der Waals surface area contributed by atoms with Gasteiger partial charge >= 0.3 is 18.4 Å². The van der Waals surface area contributed by atoms with Crippen LogP contribution >= 0.6 is 0 Å². The van der Waals surface area contributed by atoms with E-state index in [1.807, 2.05) is 0 Å². The molecule has 3 heterocycles. The molecular weight excluding hydrogens is 351 g/mol. The van der Waals surface area contributed by atoms with Crippen molar-refractivity contribution in [1.29, 1.82) is 0 Å². The summed E-state index contributed by atoms with van der Waals surface area (Å²) < 4.78 is 13.3. The van der Waals surface area contributed by atoms with Gasteiger partial charge in [-0.25, -0.2) is 24.3 Å². The van der Waals surface area contributed by atoms with E-state index >= 15 is 0 Å². The average Bonchev–Trinajstić information content (AvgIpc) is 3.18. The molecule has 3 aliphatic heterocycles. The highest BCUT2D eigenvalue weighted by molar-refractivity contribution is 5.91. The molecule has 0 aromatic rings. The summed E-state index contributed by atoms with van der Waals surface area (Å²) in [7, 11) is 0. The minimum Gasteiger partial charge on any atom is -0.477 e. The van der Waals surface area contributed by atoms with Crippen molar-refractivity contribution in [2.75, 3.05) is 19.7 Å². The molecule has 2 bridgehead atoms. The summed E-state index contributed by atoms with van der Waals surface area (Å²) in [5.74, 6) is -2.36. The number of hydrogen-bond acceptors (Lipinski definition) is 6. The third-order valence-electron chi connectivity index (χ3n) is 4.59. The van der Waals surface area contributed by atoms with E-state index in [4.69, 9.17) is 9.94 Å². The van der Waals surface area contributed by atoms with Gasteiger partial charge in [-0.05, 0) is 31.9 Å². The molecule has 1 unspecified atom stereocenters. The Morgan fingerprint density at radius 3 is 2.96 bits per heavy atom. The van der Waals surface area contributed by atoms with Crippen LogP contribution in [-0.4, -0.2) is 77.2 Å². The van der Waals surface area contributed by atoms with Crippen LogP contribution in [0, 0.1) is 0 Å². The van der Waals surface area contributed by atoms with Crippen LogP contribution in [0.5, 0.6) is 0 Å². The maximum Gasteiger partial charge on any atom is 0.368 e. The van der Waals surface area contributed by atoms with Gasteiger partial charge in [-0.1, -0.05) is 6.08 Å². The number of carboxylic acids is 1. The second kappa shape index (κ2) is 7.56. The Bertz CT molecular complexity index is 623. The lowest BCUT2D eigenvalue weighted by atomic mass is 10.0. The van der Waals surface area contributed by atoms with E-state index in [2.05, 4.69) is 15.6 Å². The molecule has 26 heavy (non-hydrogen) atoms. The first-order chi connectivity index (χ1) is 12.4. The minimum atomic E-state index is -2.66. The number of nitrogens with zero attached hydrogens (tertiary/aromatic N) is 2. The number of carbonyl (C=O) groups excluding carboxylic acids is 2. The molecule has 0 radical (unpaired) electrons. The lowest BCUT2D eigenvalue weighted by Crippen LogP contribution is -2.50. The Morgan fingerprint density at radius 1 is 1.54 bits per heavy atom. The first-order valence-corrected chi connectivity index (χ1v) is 8.35. The maximum absolute atomic E-state index is 13.3. The van der Waals surface area contributed by atoms with E-state index in [0.717, 1.165) is 19.4 Å². The standard InChI is InChI=1S/C15H21FN4O6/c1-8-5-10-6-19(15(24)20(10)26-12(16)14(22)23)11(8)13(21)18-25-7-9-3-2-4-17-9/h5,9-12,17H,2-4,6-7H2,1H3,(H,18,21)(H,22,23)/t9-,10+,11-,12?/m0/s1. The van der Waals surface area contributed by atoms with Gasteiger partial charge in [0.15, 0.2) is 0 Å². The average molecular weight is 372 g/mol. The summed E-state index contributed by atoms with van der Waals surface area (Å²) in [5, 5.41) is 12.5. The fraction of sp³-hybridized carbons (Fsp3) is 0.667. The number of halogens is 1. The Labute approximate surface area is 148 Å². The Hall–Kier alpha value is -2.24. The van der Waals surface area contributed by atoms with Crippen LogP contribution in [0.15, 0.2) is 11.6 Å². The first-order valence-electron chi connectivity index (χ1n) is 8.35. The summed E-state index contributed by atoms with van der Waals surface area (Å²) in [6.07, 6.45) is 0.934. The number of carbonyl (C=O) groups is 3. The molecule has 0 spiro atoms. The molecule has 144 valence electrons. The quantitative estimate of drug-likeness (QED) is 0.408. The molecule has 3 amide bonds. The number of amides is 3. The minimum absolute atomic E-state index is 0.0881. The Morgan fingerprint density at radius 2 is 2.31 bits per heavy atom. The largest absolute Gasteiger partial charge is 0.477 e. The fourth-order valence-corrected chi connectivity index (χ4v) is 3.38. The van der Waals surface area contributed by atoms with Crippen molar-refractivity contribution < 1.29 is 33.6 Å². The summed E-state index contributed by atoms with van der Waals surface area (Å²) >= 11 is 0. The van der Waals surface area contributed by atoms with Gasteiger partial charge in [-0.3, -0.25) is 9.63 Å². The van der Waals surface area contributed by atoms with Crippen molar-refractivity contribution in [3.8, 4) is 0 Å². The third kappa shape index (κ3) is 3.64. The lowest BCUT2D eigenvalue weighted by molar-refractivity contribution is -0.219. The van der Waals surface area contributed by atoms with Crippen molar-refractivity contribution in [3.63, 3.8) is 0 Å². The molecule has 0 aliphatic carbocycles. The lowest BCUT2D eigenvalue weighted by Gasteiger charge is -2.29. The van der Waals surface area contributed by atoms with Crippen LogP contribution in [-0.2, 0) is 19.3 Å². The van der Waals surface area contributed by atoms with E-state index < -0.39 is 36.3 Å².